The molecule has 0 rings (SSSR count). The van der Waals surface area contributed by atoms with Crippen molar-refractivity contribution in [1.82, 2.24) is 0 Å². The highest BCUT2D eigenvalue weighted by atomic mass is 16.4. The Labute approximate surface area is 83.1 Å². The van der Waals surface area contributed by atoms with E-state index in [9.17, 15) is 9.90 Å². The predicted octanol–water partition coefficient (Wildman–Crippen LogP) is -2.66. The number of rotatable bonds is 8. The Morgan fingerprint density at radius 3 is 2.21 bits per heavy atom. The van der Waals surface area contributed by atoms with Gasteiger partial charge in [0.05, 0.1) is 12.7 Å². The van der Waals surface area contributed by atoms with Crippen molar-refractivity contribution >= 4 is 5.97 Å². The first-order valence-electron chi connectivity index (χ1n) is 4.63. The molecule has 0 aliphatic heterocycles. The molecule has 14 heavy (non-hydrogen) atoms. The molecule has 4 N–H and O–H groups in total. The zero-order chi connectivity index (χ0) is 10.8. The van der Waals surface area contributed by atoms with Crippen LogP contribution in [-0.2, 0) is 4.79 Å². The highest BCUT2D eigenvalue weighted by molar-refractivity contribution is 5.64. The van der Waals surface area contributed by atoms with E-state index in [1.54, 1.807) is 11.5 Å². The normalized spacial score (nSPS) is 9.86. The number of carboxylic acids is 1. The average Bonchev–Trinajstić information content (AvgIpc) is 2.12. The van der Waals surface area contributed by atoms with Gasteiger partial charge in [0.15, 0.2) is 0 Å². The highest BCUT2D eigenvalue weighted by Gasteiger charge is 1.98. The molecule has 5 heteroatoms. The largest absolute Gasteiger partial charge is 0.550 e. The molecule has 82 valence electrons. The number of hydrogen-bond donors (Lipinski definition) is 3. The molecule has 0 saturated carbocycles. The smallest absolute Gasteiger partial charge is 0.0919 e. The maximum absolute atomic E-state index is 10.1. The molecular formula is C9H17NO4. The van der Waals surface area contributed by atoms with Crippen molar-refractivity contribution in [2.24, 2.45) is 0 Å². The lowest BCUT2D eigenvalue weighted by molar-refractivity contribution is -0.588. The second-order valence-electron chi connectivity index (χ2n) is 2.92. The number of carbonyl (C=O) groups is 1. The number of aliphatic carboxylic acids is 1. The van der Waals surface area contributed by atoms with E-state index in [1.165, 1.54) is 0 Å². The summed E-state index contributed by atoms with van der Waals surface area (Å²) in [6, 6.07) is 0. The number of nitrogens with two attached hydrogens (primary N) is 1. The van der Waals surface area contributed by atoms with Crippen LogP contribution >= 0.6 is 0 Å². The minimum Gasteiger partial charge on any atom is -0.550 e. The second-order valence-corrected chi connectivity index (χ2v) is 2.92. The minimum absolute atomic E-state index is 0.00201. The first kappa shape index (κ1) is 13.1. The van der Waals surface area contributed by atoms with E-state index in [4.69, 9.17) is 10.2 Å². The first-order valence-corrected chi connectivity index (χ1v) is 4.63. The summed E-state index contributed by atoms with van der Waals surface area (Å²) in [7, 11) is 0. The number of aliphatic hydroxyl groups excluding tert-OH is 2. The third-order valence-corrected chi connectivity index (χ3v) is 1.73. The van der Waals surface area contributed by atoms with Crippen molar-refractivity contribution in [2.45, 2.75) is 19.3 Å². The van der Waals surface area contributed by atoms with Crippen LogP contribution in [0.25, 0.3) is 0 Å². The van der Waals surface area contributed by atoms with Gasteiger partial charge in [-0.25, -0.2) is 0 Å². The van der Waals surface area contributed by atoms with Crippen molar-refractivity contribution in [1.29, 1.82) is 0 Å². The van der Waals surface area contributed by atoms with Gasteiger partial charge < -0.3 is 25.4 Å². The zero-order valence-electron chi connectivity index (χ0n) is 8.11. The van der Waals surface area contributed by atoms with E-state index in [0.717, 1.165) is 5.57 Å². The summed E-state index contributed by atoms with van der Waals surface area (Å²) in [6.07, 6.45) is 2.79. The highest BCUT2D eigenvalue weighted by Crippen LogP contribution is 2.02. The van der Waals surface area contributed by atoms with Crippen LogP contribution in [0.2, 0.25) is 0 Å². The van der Waals surface area contributed by atoms with E-state index in [1.807, 2.05) is 0 Å². The van der Waals surface area contributed by atoms with Crippen LogP contribution in [0.1, 0.15) is 19.3 Å². The Bertz CT molecular complexity index is 183. The fourth-order valence-electron chi connectivity index (χ4n) is 1.03. The molecule has 0 radical (unpaired) electrons. The first-order chi connectivity index (χ1) is 6.70. The average molecular weight is 203 g/mol. The molecule has 0 heterocycles. The zero-order valence-corrected chi connectivity index (χ0v) is 8.11. The molecule has 0 aromatic rings. The fraction of sp³-hybridized carbons (Fsp3) is 0.667. The molecule has 0 aliphatic carbocycles. The third-order valence-electron chi connectivity index (χ3n) is 1.73. The Morgan fingerprint density at radius 1 is 1.21 bits per heavy atom. The van der Waals surface area contributed by atoms with Crippen LogP contribution in [0.3, 0.4) is 0 Å². The van der Waals surface area contributed by atoms with Gasteiger partial charge in [-0.15, -0.1) is 0 Å². The standard InChI is InChI=1S/C9H17NO4/c11-5-2-8(3-6-12)7-10-4-1-9(13)14/h7,10-12H,1-6H2,(H,13,14). The number of quaternary nitrogens is 1. The molecular weight excluding hydrogens is 186 g/mol. The number of hydrogen-bond acceptors (Lipinski definition) is 4. The van der Waals surface area contributed by atoms with Gasteiger partial charge in [0.1, 0.15) is 0 Å². The van der Waals surface area contributed by atoms with Crippen LogP contribution < -0.4 is 10.4 Å². The number of carboxylic acid groups (broad SMARTS) is 1. The van der Waals surface area contributed by atoms with Gasteiger partial charge >= 0.3 is 0 Å². The summed E-state index contributed by atoms with van der Waals surface area (Å²) < 4.78 is 0. The fourth-order valence-corrected chi connectivity index (χ4v) is 1.03. The van der Waals surface area contributed by atoms with E-state index < -0.39 is 5.97 Å². The Hall–Kier alpha value is -0.910. The molecule has 0 bridgehead atoms. The van der Waals surface area contributed by atoms with Crippen LogP contribution in [0.5, 0.6) is 0 Å². The molecule has 0 atom stereocenters. The number of carbonyl (C=O) groups excluding carboxylic acids is 1. The lowest BCUT2D eigenvalue weighted by Crippen LogP contribution is -2.78. The van der Waals surface area contributed by atoms with Gasteiger partial charge in [-0.05, 0) is 18.4 Å². The van der Waals surface area contributed by atoms with Crippen LogP contribution in [-0.4, -0.2) is 35.9 Å². The Kier molecular flexibility index (Phi) is 8.11. The number of aliphatic hydroxyl groups is 2. The lowest BCUT2D eigenvalue weighted by atomic mass is 10.1. The topological polar surface area (TPSA) is 97.2 Å². The summed E-state index contributed by atoms with van der Waals surface area (Å²) in [6.45, 7) is 0.503. The van der Waals surface area contributed by atoms with Gasteiger partial charge in [0.2, 0.25) is 0 Å². The maximum Gasteiger partial charge on any atom is 0.0919 e. The van der Waals surface area contributed by atoms with E-state index in [-0.39, 0.29) is 19.6 Å². The van der Waals surface area contributed by atoms with Gasteiger partial charge in [0.25, 0.3) is 0 Å². The summed E-state index contributed by atoms with van der Waals surface area (Å²) >= 11 is 0. The second kappa shape index (κ2) is 8.68. The van der Waals surface area contributed by atoms with Gasteiger partial charge in [-0.3, -0.25) is 0 Å². The molecule has 0 amide bonds. The summed E-state index contributed by atoms with van der Waals surface area (Å²) in [5.74, 6) is -1.07. The molecule has 5 nitrogen and oxygen atoms in total. The molecule has 0 aromatic carbocycles. The van der Waals surface area contributed by atoms with Crippen LogP contribution in [0.4, 0.5) is 0 Å². The Morgan fingerprint density at radius 2 is 1.79 bits per heavy atom. The molecule has 0 aromatic heterocycles. The maximum atomic E-state index is 10.1. The van der Waals surface area contributed by atoms with Crippen molar-refractivity contribution in [3.05, 3.63) is 11.8 Å². The van der Waals surface area contributed by atoms with E-state index in [0.29, 0.717) is 19.4 Å². The minimum atomic E-state index is -1.07. The quantitative estimate of drug-likeness (QED) is 0.375. The van der Waals surface area contributed by atoms with Crippen molar-refractivity contribution < 1.29 is 25.4 Å². The summed E-state index contributed by atoms with van der Waals surface area (Å²) in [5, 5.41) is 29.1. The predicted molar refractivity (Wildman–Crippen MR) is 47.9 cm³/mol. The van der Waals surface area contributed by atoms with Gasteiger partial charge in [-0.2, -0.15) is 0 Å². The molecule has 0 unspecified atom stereocenters. The lowest BCUT2D eigenvalue weighted by Gasteiger charge is -2.02. The van der Waals surface area contributed by atoms with Gasteiger partial charge in [0, 0.05) is 25.6 Å². The third kappa shape index (κ3) is 7.72. The molecule has 0 saturated heterocycles. The monoisotopic (exact) mass is 203 g/mol. The van der Waals surface area contributed by atoms with Crippen molar-refractivity contribution in [2.75, 3.05) is 19.8 Å². The summed E-state index contributed by atoms with van der Waals surface area (Å²) in [4.78, 5) is 10.1. The van der Waals surface area contributed by atoms with Crippen molar-refractivity contribution in [3.8, 4) is 0 Å². The van der Waals surface area contributed by atoms with E-state index >= 15 is 0 Å². The van der Waals surface area contributed by atoms with Crippen LogP contribution in [0, 0.1) is 0 Å². The van der Waals surface area contributed by atoms with Gasteiger partial charge in [-0.1, -0.05) is 0 Å². The van der Waals surface area contributed by atoms with Crippen molar-refractivity contribution in [3.63, 3.8) is 0 Å². The SMILES string of the molecule is O=C([O-])CC[NH2+]C=C(CCO)CCO. The van der Waals surface area contributed by atoms with E-state index in [2.05, 4.69) is 0 Å². The molecule has 0 fully saturated rings. The molecule has 0 spiro atoms. The molecule has 0 aliphatic rings. The summed E-state index contributed by atoms with van der Waals surface area (Å²) in [5.41, 5.74) is 0.924. The Balaban J connectivity index is 3.71. The van der Waals surface area contributed by atoms with Crippen LogP contribution in [0.15, 0.2) is 11.8 Å².